The van der Waals surface area contributed by atoms with Crippen molar-refractivity contribution in [2.24, 2.45) is 5.92 Å². The summed E-state index contributed by atoms with van der Waals surface area (Å²) in [4.78, 5) is 4.46. The van der Waals surface area contributed by atoms with Gasteiger partial charge in [0.15, 0.2) is 0 Å². The summed E-state index contributed by atoms with van der Waals surface area (Å²) in [5.41, 5.74) is 1.14. The van der Waals surface area contributed by atoms with Crippen LogP contribution in [0.2, 0.25) is 0 Å². The van der Waals surface area contributed by atoms with Crippen molar-refractivity contribution in [1.29, 1.82) is 0 Å². The molecule has 0 bridgehead atoms. The molecule has 3 heteroatoms. The molecule has 0 saturated carbocycles. The van der Waals surface area contributed by atoms with E-state index in [0.717, 1.165) is 12.1 Å². The van der Waals surface area contributed by atoms with Crippen molar-refractivity contribution >= 4 is 11.3 Å². The van der Waals surface area contributed by atoms with Crippen LogP contribution in [0.3, 0.4) is 0 Å². The van der Waals surface area contributed by atoms with Gasteiger partial charge in [-0.15, -0.1) is 11.3 Å². The van der Waals surface area contributed by atoms with Gasteiger partial charge in [-0.1, -0.05) is 6.92 Å². The van der Waals surface area contributed by atoms with Gasteiger partial charge in [0.1, 0.15) is 0 Å². The van der Waals surface area contributed by atoms with Crippen LogP contribution < -0.4 is 5.32 Å². The van der Waals surface area contributed by atoms with Gasteiger partial charge < -0.3 is 5.32 Å². The molecule has 2 atom stereocenters. The highest BCUT2D eigenvalue weighted by molar-refractivity contribution is 7.09. The van der Waals surface area contributed by atoms with Crippen LogP contribution in [0.4, 0.5) is 0 Å². The van der Waals surface area contributed by atoms with Gasteiger partial charge in [-0.25, -0.2) is 4.98 Å². The summed E-state index contributed by atoms with van der Waals surface area (Å²) in [6.07, 6.45) is 1.08. The molecule has 2 nitrogen and oxygen atoms in total. The first-order chi connectivity index (χ1) is 6.13. The lowest BCUT2D eigenvalue weighted by Gasteiger charge is -2.17. The van der Waals surface area contributed by atoms with E-state index in [2.05, 4.69) is 29.5 Å². The zero-order valence-electron chi connectivity index (χ0n) is 8.79. The fraction of sp³-hybridized carbons (Fsp3) is 0.700. The lowest BCUT2D eigenvalue weighted by Crippen LogP contribution is -2.29. The van der Waals surface area contributed by atoms with E-state index in [1.54, 1.807) is 11.3 Å². The maximum atomic E-state index is 4.46. The normalized spacial score (nSPS) is 15.7. The van der Waals surface area contributed by atoms with Gasteiger partial charge in [0.2, 0.25) is 0 Å². The second-order valence-corrected chi connectivity index (χ2v) is 4.58. The maximum absolute atomic E-state index is 4.46. The summed E-state index contributed by atoms with van der Waals surface area (Å²) >= 11 is 1.77. The first-order valence-corrected chi connectivity index (χ1v) is 5.59. The van der Waals surface area contributed by atoms with Crippen molar-refractivity contribution in [2.45, 2.75) is 33.2 Å². The van der Waals surface area contributed by atoms with Crippen LogP contribution in [-0.2, 0) is 6.42 Å². The van der Waals surface area contributed by atoms with E-state index in [-0.39, 0.29) is 0 Å². The topological polar surface area (TPSA) is 24.9 Å². The summed E-state index contributed by atoms with van der Waals surface area (Å²) in [6, 6.07) is 0.559. The number of aromatic nitrogens is 1. The van der Waals surface area contributed by atoms with Gasteiger partial charge in [0.05, 0.1) is 5.01 Å². The summed E-state index contributed by atoms with van der Waals surface area (Å²) in [5, 5.41) is 6.64. The number of nitrogens with zero attached hydrogens (tertiary/aromatic N) is 1. The average Bonchev–Trinajstić information content (AvgIpc) is 2.49. The summed E-state index contributed by atoms with van der Waals surface area (Å²) in [5.74, 6) is 0.649. The minimum atomic E-state index is 0.559. The van der Waals surface area contributed by atoms with E-state index in [4.69, 9.17) is 0 Å². The summed E-state index contributed by atoms with van der Waals surface area (Å²) in [7, 11) is 2.01. The Balaban J connectivity index is 2.49. The maximum Gasteiger partial charge on any atom is 0.0931 e. The average molecular weight is 198 g/mol. The largest absolute Gasteiger partial charge is 0.317 e. The van der Waals surface area contributed by atoms with Crippen molar-refractivity contribution in [1.82, 2.24) is 10.3 Å². The molecule has 74 valence electrons. The molecule has 0 aliphatic carbocycles. The SMILES string of the molecule is CNC(C)C(C)Cc1nc(C)cs1. The molecule has 0 radical (unpaired) electrons. The quantitative estimate of drug-likeness (QED) is 0.802. The summed E-state index contributed by atoms with van der Waals surface area (Å²) in [6.45, 7) is 6.52. The van der Waals surface area contributed by atoms with Crippen LogP contribution in [0.1, 0.15) is 24.5 Å². The number of rotatable bonds is 4. The highest BCUT2D eigenvalue weighted by Crippen LogP contribution is 2.15. The fourth-order valence-electron chi connectivity index (χ4n) is 1.23. The first-order valence-electron chi connectivity index (χ1n) is 4.71. The van der Waals surface area contributed by atoms with Gasteiger partial charge in [0.25, 0.3) is 0 Å². The van der Waals surface area contributed by atoms with Crippen molar-refractivity contribution in [3.05, 3.63) is 16.1 Å². The van der Waals surface area contributed by atoms with Gasteiger partial charge in [-0.05, 0) is 26.8 Å². The second-order valence-electron chi connectivity index (χ2n) is 3.64. The number of hydrogen-bond acceptors (Lipinski definition) is 3. The van der Waals surface area contributed by atoms with Gasteiger partial charge in [-0.3, -0.25) is 0 Å². The smallest absolute Gasteiger partial charge is 0.0931 e. The molecule has 0 aliphatic heterocycles. The summed E-state index contributed by atoms with van der Waals surface area (Å²) < 4.78 is 0. The van der Waals surface area contributed by atoms with E-state index in [1.807, 2.05) is 14.0 Å². The zero-order chi connectivity index (χ0) is 9.84. The lowest BCUT2D eigenvalue weighted by atomic mass is 10.0. The Labute approximate surface area is 84.4 Å². The van der Waals surface area contributed by atoms with E-state index >= 15 is 0 Å². The minimum absolute atomic E-state index is 0.559. The molecule has 0 fully saturated rings. The van der Waals surface area contributed by atoms with E-state index in [1.165, 1.54) is 5.01 Å². The Morgan fingerprint density at radius 3 is 2.69 bits per heavy atom. The number of hydrogen-bond donors (Lipinski definition) is 1. The van der Waals surface area contributed by atoms with Crippen LogP contribution in [0.25, 0.3) is 0 Å². The van der Waals surface area contributed by atoms with Crippen LogP contribution in [0, 0.1) is 12.8 Å². The predicted octanol–water partition coefficient (Wildman–Crippen LogP) is 2.24. The Kier molecular flexibility index (Phi) is 3.88. The van der Waals surface area contributed by atoms with Crippen LogP contribution in [-0.4, -0.2) is 18.1 Å². The third-order valence-electron chi connectivity index (χ3n) is 2.47. The molecule has 0 aromatic carbocycles. The van der Waals surface area contributed by atoms with Crippen molar-refractivity contribution in [2.75, 3.05) is 7.05 Å². The standard InChI is InChI=1S/C10H18N2S/c1-7(9(3)11-4)5-10-12-8(2)6-13-10/h6-7,9,11H,5H2,1-4H3. The minimum Gasteiger partial charge on any atom is -0.317 e. The number of aryl methyl sites for hydroxylation is 1. The highest BCUT2D eigenvalue weighted by atomic mass is 32.1. The van der Waals surface area contributed by atoms with Gasteiger partial charge in [-0.2, -0.15) is 0 Å². The van der Waals surface area contributed by atoms with E-state index in [0.29, 0.717) is 12.0 Å². The van der Waals surface area contributed by atoms with Gasteiger partial charge >= 0.3 is 0 Å². The Morgan fingerprint density at radius 1 is 1.54 bits per heavy atom. The molecular weight excluding hydrogens is 180 g/mol. The fourth-order valence-corrected chi connectivity index (χ4v) is 2.15. The monoisotopic (exact) mass is 198 g/mol. The molecule has 1 aromatic rings. The lowest BCUT2D eigenvalue weighted by molar-refractivity contribution is 0.423. The third-order valence-corrected chi connectivity index (χ3v) is 3.46. The van der Waals surface area contributed by atoms with E-state index in [9.17, 15) is 0 Å². The molecule has 0 amide bonds. The predicted molar refractivity (Wildman–Crippen MR) is 58.2 cm³/mol. The van der Waals surface area contributed by atoms with Crippen LogP contribution in [0.5, 0.6) is 0 Å². The van der Waals surface area contributed by atoms with Crippen LogP contribution in [0.15, 0.2) is 5.38 Å². The number of nitrogens with one attached hydrogen (secondary N) is 1. The Bertz CT molecular complexity index is 257. The highest BCUT2D eigenvalue weighted by Gasteiger charge is 2.12. The van der Waals surface area contributed by atoms with E-state index < -0.39 is 0 Å². The third kappa shape index (κ3) is 3.08. The number of thiazole rings is 1. The van der Waals surface area contributed by atoms with Crippen molar-refractivity contribution in [3.63, 3.8) is 0 Å². The molecule has 1 aromatic heterocycles. The molecule has 2 unspecified atom stereocenters. The molecular formula is C10H18N2S. The zero-order valence-corrected chi connectivity index (χ0v) is 9.61. The van der Waals surface area contributed by atoms with Gasteiger partial charge in [0, 0.05) is 23.5 Å². The van der Waals surface area contributed by atoms with Crippen molar-refractivity contribution < 1.29 is 0 Å². The molecule has 1 heterocycles. The second kappa shape index (κ2) is 4.72. The first kappa shape index (κ1) is 10.7. The van der Waals surface area contributed by atoms with Crippen LogP contribution >= 0.6 is 11.3 Å². The molecule has 0 saturated heterocycles. The molecule has 0 aliphatic rings. The molecule has 13 heavy (non-hydrogen) atoms. The Hall–Kier alpha value is -0.410. The van der Waals surface area contributed by atoms with Crippen molar-refractivity contribution in [3.8, 4) is 0 Å². The molecule has 1 rings (SSSR count). The molecule has 0 spiro atoms. The Morgan fingerprint density at radius 2 is 2.23 bits per heavy atom. The molecule has 1 N–H and O–H groups in total.